The molecule has 2 amide bonds. The first-order chi connectivity index (χ1) is 14.4. The van der Waals surface area contributed by atoms with E-state index in [0.717, 1.165) is 38.8 Å². The third-order valence-corrected chi connectivity index (χ3v) is 7.54. The van der Waals surface area contributed by atoms with Gasteiger partial charge in [-0.1, -0.05) is 18.9 Å². The number of carbonyl (C=O) groups excluding carboxylic acids is 2. The van der Waals surface area contributed by atoms with Gasteiger partial charge in [-0.25, -0.2) is 8.42 Å². The zero-order chi connectivity index (χ0) is 21.6. The second-order valence-electron chi connectivity index (χ2n) is 7.79. The zero-order valence-electron chi connectivity index (χ0n) is 17.6. The SMILES string of the molecule is Cc1ccc(S(=O)(=O)N2CCOCC2)cc1C(=O)NCCC(=O)N1CCCCCC1. The Hall–Kier alpha value is -1.97. The maximum atomic E-state index is 12.9. The molecule has 2 aliphatic heterocycles. The van der Waals surface area contributed by atoms with E-state index in [2.05, 4.69) is 5.32 Å². The van der Waals surface area contributed by atoms with Crippen LogP contribution in [0.3, 0.4) is 0 Å². The van der Waals surface area contributed by atoms with Crippen LogP contribution in [0.2, 0.25) is 0 Å². The lowest BCUT2D eigenvalue weighted by atomic mass is 10.1. The number of ether oxygens (including phenoxy) is 1. The number of aryl methyl sites for hydroxylation is 1. The Labute approximate surface area is 178 Å². The summed E-state index contributed by atoms with van der Waals surface area (Å²) in [6.45, 7) is 4.90. The summed E-state index contributed by atoms with van der Waals surface area (Å²) >= 11 is 0. The lowest BCUT2D eigenvalue weighted by Gasteiger charge is -2.26. The number of morpholine rings is 1. The highest BCUT2D eigenvalue weighted by Gasteiger charge is 2.27. The molecule has 2 saturated heterocycles. The molecule has 0 saturated carbocycles. The molecule has 8 nitrogen and oxygen atoms in total. The number of sulfonamides is 1. The van der Waals surface area contributed by atoms with E-state index < -0.39 is 10.0 Å². The van der Waals surface area contributed by atoms with Crippen molar-refractivity contribution >= 4 is 21.8 Å². The molecule has 9 heteroatoms. The minimum Gasteiger partial charge on any atom is -0.379 e. The number of benzene rings is 1. The first kappa shape index (κ1) is 22.7. The van der Waals surface area contributed by atoms with Crippen LogP contribution in [-0.2, 0) is 19.6 Å². The van der Waals surface area contributed by atoms with Crippen molar-refractivity contribution in [2.45, 2.75) is 43.9 Å². The number of carbonyl (C=O) groups is 2. The summed E-state index contributed by atoms with van der Waals surface area (Å²) in [6, 6.07) is 4.59. The maximum Gasteiger partial charge on any atom is 0.251 e. The first-order valence-electron chi connectivity index (χ1n) is 10.6. The smallest absolute Gasteiger partial charge is 0.251 e. The van der Waals surface area contributed by atoms with Gasteiger partial charge in [0.15, 0.2) is 0 Å². The summed E-state index contributed by atoms with van der Waals surface area (Å²) in [4.78, 5) is 27.0. The van der Waals surface area contributed by atoms with Gasteiger partial charge in [0.25, 0.3) is 5.91 Å². The Bertz CT molecular complexity index is 857. The lowest BCUT2D eigenvalue weighted by Crippen LogP contribution is -2.40. The Kier molecular flexibility index (Phi) is 7.85. The van der Waals surface area contributed by atoms with Gasteiger partial charge in [0.05, 0.1) is 18.1 Å². The minimum atomic E-state index is -3.67. The van der Waals surface area contributed by atoms with Crippen LogP contribution >= 0.6 is 0 Å². The normalized spacial score (nSPS) is 18.6. The summed E-state index contributed by atoms with van der Waals surface area (Å²) in [5, 5.41) is 2.77. The van der Waals surface area contributed by atoms with Gasteiger partial charge in [-0.05, 0) is 37.5 Å². The molecule has 2 heterocycles. The van der Waals surface area contributed by atoms with Crippen LogP contribution in [0.5, 0.6) is 0 Å². The molecule has 166 valence electrons. The molecule has 0 bridgehead atoms. The molecular weight excluding hydrogens is 406 g/mol. The molecule has 0 atom stereocenters. The van der Waals surface area contributed by atoms with Crippen LogP contribution in [0, 0.1) is 6.92 Å². The molecular formula is C21H31N3O5S. The second kappa shape index (κ2) is 10.4. The second-order valence-corrected chi connectivity index (χ2v) is 9.73. The van der Waals surface area contributed by atoms with Gasteiger partial charge in [-0.15, -0.1) is 0 Å². The van der Waals surface area contributed by atoms with E-state index in [9.17, 15) is 18.0 Å². The highest BCUT2D eigenvalue weighted by atomic mass is 32.2. The summed E-state index contributed by atoms with van der Waals surface area (Å²) in [5.74, 6) is -0.312. The van der Waals surface area contributed by atoms with E-state index in [4.69, 9.17) is 4.74 Å². The van der Waals surface area contributed by atoms with Crippen molar-refractivity contribution in [3.8, 4) is 0 Å². The molecule has 1 N–H and O–H groups in total. The van der Waals surface area contributed by atoms with E-state index in [0.29, 0.717) is 37.4 Å². The zero-order valence-corrected chi connectivity index (χ0v) is 18.4. The fraction of sp³-hybridized carbons (Fsp3) is 0.619. The maximum absolute atomic E-state index is 12.9. The highest BCUT2D eigenvalue weighted by Crippen LogP contribution is 2.20. The third-order valence-electron chi connectivity index (χ3n) is 5.64. The molecule has 0 unspecified atom stereocenters. The molecule has 1 aromatic rings. The standard InChI is InChI=1S/C21H31N3O5S/c1-17-6-7-18(30(27,28)24-12-14-29-15-13-24)16-19(17)21(26)22-9-8-20(25)23-10-4-2-3-5-11-23/h6-7,16H,2-5,8-15H2,1H3,(H,22,26). The van der Waals surface area contributed by atoms with Crippen molar-refractivity contribution in [3.05, 3.63) is 29.3 Å². The largest absolute Gasteiger partial charge is 0.379 e. The van der Waals surface area contributed by atoms with Crippen LogP contribution in [0.25, 0.3) is 0 Å². The van der Waals surface area contributed by atoms with Crippen LogP contribution in [0.15, 0.2) is 23.1 Å². The van der Waals surface area contributed by atoms with Crippen molar-refractivity contribution in [2.75, 3.05) is 45.9 Å². The predicted octanol–water partition coefficient (Wildman–Crippen LogP) is 1.54. The van der Waals surface area contributed by atoms with Crippen molar-refractivity contribution in [2.24, 2.45) is 0 Å². The number of hydrogen-bond donors (Lipinski definition) is 1. The average Bonchev–Trinajstić information content (AvgIpc) is 3.04. The lowest BCUT2D eigenvalue weighted by molar-refractivity contribution is -0.131. The average molecular weight is 438 g/mol. The van der Waals surface area contributed by atoms with E-state index in [1.165, 1.54) is 16.4 Å². The van der Waals surface area contributed by atoms with Gasteiger partial charge in [0, 0.05) is 44.7 Å². The summed E-state index contributed by atoms with van der Waals surface area (Å²) in [7, 11) is -3.67. The van der Waals surface area contributed by atoms with Gasteiger partial charge >= 0.3 is 0 Å². The molecule has 0 aromatic heterocycles. The number of nitrogens with zero attached hydrogens (tertiary/aromatic N) is 2. The molecule has 3 rings (SSSR count). The van der Waals surface area contributed by atoms with Gasteiger partial charge in [0.1, 0.15) is 0 Å². The molecule has 2 aliphatic rings. The molecule has 30 heavy (non-hydrogen) atoms. The Morgan fingerprint density at radius 2 is 1.70 bits per heavy atom. The fourth-order valence-electron chi connectivity index (χ4n) is 3.80. The quantitative estimate of drug-likeness (QED) is 0.728. The van der Waals surface area contributed by atoms with E-state index in [-0.39, 0.29) is 29.7 Å². The molecule has 0 aliphatic carbocycles. The van der Waals surface area contributed by atoms with Gasteiger partial charge in [-0.2, -0.15) is 4.31 Å². The van der Waals surface area contributed by atoms with Gasteiger partial charge < -0.3 is 15.0 Å². The Morgan fingerprint density at radius 3 is 2.37 bits per heavy atom. The van der Waals surface area contributed by atoms with Gasteiger partial charge in [0.2, 0.25) is 15.9 Å². The number of rotatable bonds is 6. The van der Waals surface area contributed by atoms with E-state index >= 15 is 0 Å². The Morgan fingerprint density at radius 1 is 1.03 bits per heavy atom. The molecule has 0 spiro atoms. The summed E-state index contributed by atoms with van der Waals surface area (Å²) < 4.78 is 32.3. The van der Waals surface area contributed by atoms with Crippen molar-refractivity contribution in [3.63, 3.8) is 0 Å². The summed E-state index contributed by atoms with van der Waals surface area (Å²) in [5.41, 5.74) is 0.999. The van der Waals surface area contributed by atoms with Crippen molar-refractivity contribution in [1.29, 1.82) is 0 Å². The first-order valence-corrected chi connectivity index (χ1v) is 12.1. The van der Waals surface area contributed by atoms with Crippen LogP contribution in [0.4, 0.5) is 0 Å². The van der Waals surface area contributed by atoms with E-state index in [1.54, 1.807) is 13.0 Å². The fourth-order valence-corrected chi connectivity index (χ4v) is 5.23. The molecule has 0 radical (unpaired) electrons. The number of likely N-dealkylation sites (tertiary alicyclic amines) is 1. The molecule has 1 aromatic carbocycles. The van der Waals surface area contributed by atoms with Crippen LogP contribution in [0.1, 0.15) is 48.0 Å². The van der Waals surface area contributed by atoms with E-state index in [1.807, 2.05) is 4.90 Å². The summed E-state index contributed by atoms with van der Waals surface area (Å²) in [6.07, 6.45) is 4.62. The number of hydrogen-bond acceptors (Lipinski definition) is 5. The molecule has 2 fully saturated rings. The van der Waals surface area contributed by atoms with Gasteiger partial charge in [-0.3, -0.25) is 9.59 Å². The highest BCUT2D eigenvalue weighted by molar-refractivity contribution is 7.89. The van der Waals surface area contributed by atoms with Crippen LogP contribution in [-0.4, -0.2) is 75.4 Å². The Balaban J connectivity index is 1.61. The third kappa shape index (κ3) is 5.59. The predicted molar refractivity (Wildman–Crippen MR) is 113 cm³/mol. The van der Waals surface area contributed by atoms with Crippen LogP contribution < -0.4 is 5.32 Å². The topological polar surface area (TPSA) is 96.0 Å². The monoisotopic (exact) mass is 437 g/mol. The van der Waals surface area contributed by atoms with Crippen molar-refractivity contribution < 1.29 is 22.7 Å². The van der Waals surface area contributed by atoms with Crippen molar-refractivity contribution in [1.82, 2.24) is 14.5 Å². The minimum absolute atomic E-state index is 0.0533. The number of nitrogens with one attached hydrogen (secondary N) is 1. The number of amides is 2.